The van der Waals surface area contributed by atoms with Gasteiger partial charge in [-0.05, 0) is 136 Å². The number of ether oxygens (including phenoxy) is 1. The second kappa shape index (κ2) is 14.9. The lowest BCUT2D eigenvalue weighted by atomic mass is 9.34. The molecule has 0 unspecified atom stereocenters. The molecule has 0 saturated carbocycles. The number of nitrogens with zero attached hydrogens (tertiary/aromatic N) is 1. The van der Waals surface area contributed by atoms with Crippen molar-refractivity contribution in [2.24, 2.45) is 0 Å². The first-order valence-corrected chi connectivity index (χ1v) is 25.6. The number of aryl methyl sites for hydroxylation is 1. The topological polar surface area (TPSA) is 12.5 Å². The highest BCUT2D eigenvalue weighted by Gasteiger charge is 2.51. The Morgan fingerprint density at radius 2 is 1.12 bits per heavy atom. The van der Waals surface area contributed by atoms with Crippen LogP contribution in [-0.4, -0.2) is 14.8 Å². The van der Waals surface area contributed by atoms with E-state index in [-0.39, 0.29) is 12.1 Å². The minimum atomic E-state index is -2.85. The molecule has 3 aliphatic heterocycles. The molecule has 67 heavy (non-hydrogen) atoms. The van der Waals surface area contributed by atoms with Gasteiger partial charge in [-0.1, -0.05) is 203 Å². The Morgan fingerprint density at radius 1 is 0.448 bits per heavy atom. The van der Waals surface area contributed by atoms with Gasteiger partial charge in [-0.3, -0.25) is 0 Å². The summed E-state index contributed by atoms with van der Waals surface area (Å²) >= 11 is 0. The van der Waals surface area contributed by atoms with E-state index < -0.39 is 8.07 Å². The Bertz CT molecular complexity index is 3570. The molecule has 0 aliphatic carbocycles. The molecule has 3 heterocycles. The Morgan fingerprint density at radius 3 is 1.88 bits per heavy atom. The number of hydrogen-bond acceptors (Lipinski definition) is 2. The lowest BCUT2D eigenvalue weighted by Crippen LogP contribution is -2.73. The van der Waals surface area contributed by atoms with Crippen LogP contribution in [-0.2, 0) is 5.41 Å². The summed E-state index contributed by atoms with van der Waals surface area (Å²) in [5.41, 5.74) is 17.1. The van der Waals surface area contributed by atoms with Gasteiger partial charge in [0, 0.05) is 16.9 Å². The van der Waals surface area contributed by atoms with E-state index in [1.807, 2.05) is 0 Å². The quantitative estimate of drug-likeness (QED) is 0.160. The molecule has 0 amide bonds. The fourth-order valence-electron chi connectivity index (χ4n) is 11.8. The average molecular weight is 874 g/mol. The maximum atomic E-state index is 7.17. The first kappa shape index (κ1) is 39.7. The number of anilines is 3. The van der Waals surface area contributed by atoms with Crippen molar-refractivity contribution in [3.8, 4) is 44.9 Å². The van der Waals surface area contributed by atoms with E-state index in [9.17, 15) is 0 Å². The molecule has 13 rings (SSSR count). The van der Waals surface area contributed by atoms with Crippen molar-refractivity contribution in [1.82, 2.24) is 0 Å². The van der Waals surface area contributed by atoms with Crippen molar-refractivity contribution in [3.05, 3.63) is 230 Å². The van der Waals surface area contributed by atoms with Gasteiger partial charge in [0.15, 0.2) is 8.07 Å². The van der Waals surface area contributed by atoms with Gasteiger partial charge in [0.1, 0.15) is 11.5 Å². The lowest BCUT2D eigenvalue weighted by Gasteiger charge is -2.42. The molecule has 0 aromatic heterocycles. The predicted octanol–water partition coefficient (Wildman–Crippen LogP) is 11.5. The zero-order valence-electron chi connectivity index (χ0n) is 38.2. The molecule has 4 heteroatoms. The van der Waals surface area contributed by atoms with Gasteiger partial charge in [0.25, 0.3) is 6.71 Å². The van der Waals surface area contributed by atoms with Crippen molar-refractivity contribution in [2.75, 3.05) is 4.90 Å². The molecule has 0 N–H and O–H groups in total. The largest absolute Gasteiger partial charge is 0.458 e. The van der Waals surface area contributed by atoms with E-state index in [1.165, 1.54) is 92.5 Å². The fourth-order valence-corrected chi connectivity index (χ4v) is 17.0. The van der Waals surface area contributed by atoms with Gasteiger partial charge in [-0.15, -0.1) is 0 Å². The van der Waals surface area contributed by atoms with E-state index in [4.69, 9.17) is 4.74 Å². The Labute approximate surface area is 394 Å². The van der Waals surface area contributed by atoms with E-state index in [1.54, 1.807) is 0 Å². The highest BCUT2D eigenvalue weighted by atomic mass is 28.3. The van der Waals surface area contributed by atoms with E-state index in [2.05, 4.69) is 251 Å². The SMILES string of the molecule is Cc1cc2c3c(c1)N(c1ccc(C(C)(C)C)cc1-c1ccccc1)c1cc4c(cc1B3c1cc(-c3cccc5ccccc35)ccc1O2)[Si](c1ccccc1)(c1ccccc1)c1ccccc1-4. The predicted molar refractivity (Wildman–Crippen MR) is 287 cm³/mol. The summed E-state index contributed by atoms with van der Waals surface area (Å²) in [6.45, 7) is 9.04. The van der Waals surface area contributed by atoms with Gasteiger partial charge in [-0.25, -0.2) is 0 Å². The van der Waals surface area contributed by atoms with Crippen LogP contribution in [0.2, 0.25) is 0 Å². The molecule has 0 bridgehead atoms. The molecule has 0 atom stereocenters. The average Bonchev–Trinajstić information content (AvgIpc) is 3.65. The number of hydrogen-bond donors (Lipinski definition) is 0. The number of fused-ring (bicyclic) bond motifs is 8. The van der Waals surface area contributed by atoms with Gasteiger partial charge in [0.05, 0.1) is 5.69 Å². The van der Waals surface area contributed by atoms with E-state index >= 15 is 0 Å². The Kier molecular flexibility index (Phi) is 8.85. The van der Waals surface area contributed by atoms with Crippen molar-refractivity contribution < 1.29 is 4.74 Å². The molecule has 2 nitrogen and oxygen atoms in total. The smallest absolute Gasteiger partial charge is 0.256 e. The molecule has 10 aromatic carbocycles. The minimum absolute atomic E-state index is 0.0395. The monoisotopic (exact) mass is 873 g/mol. The van der Waals surface area contributed by atoms with Gasteiger partial charge in [0.2, 0.25) is 0 Å². The van der Waals surface area contributed by atoms with Crippen LogP contribution in [0.15, 0.2) is 218 Å². The molecule has 3 aliphatic rings. The molecule has 10 aromatic rings. The molecule has 0 fully saturated rings. The fraction of sp³-hybridized carbons (Fsp3) is 0.0794. The summed E-state index contributed by atoms with van der Waals surface area (Å²) in [6.07, 6.45) is 0. The summed E-state index contributed by atoms with van der Waals surface area (Å²) in [7, 11) is -2.85. The maximum Gasteiger partial charge on any atom is 0.256 e. The van der Waals surface area contributed by atoms with Crippen LogP contribution in [0.1, 0.15) is 31.9 Å². The first-order valence-electron chi connectivity index (χ1n) is 23.6. The second-order valence-electron chi connectivity index (χ2n) is 19.7. The van der Waals surface area contributed by atoms with Crippen LogP contribution in [0.4, 0.5) is 17.1 Å². The van der Waals surface area contributed by atoms with Crippen LogP contribution in [0.5, 0.6) is 11.5 Å². The zero-order valence-corrected chi connectivity index (χ0v) is 39.2. The summed E-state index contributed by atoms with van der Waals surface area (Å²) in [4.78, 5) is 2.59. The van der Waals surface area contributed by atoms with Crippen LogP contribution in [0, 0.1) is 6.92 Å². The third kappa shape index (κ3) is 5.96. The molecular formula is C63H48BNOSi. The molecule has 318 valence electrons. The lowest BCUT2D eigenvalue weighted by molar-refractivity contribution is 0.487. The van der Waals surface area contributed by atoms with Gasteiger partial charge >= 0.3 is 0 Å². The first-order chi connectivity index (χ1) is 32.8. The van der Waals surface area contributed by atoms with Crippen molar-refractivity contribution in [1.29, 1.82) is 0 Å². The van der Waals surface area contributed by atoms with Crippen molar-refractivity contribution in [2.45, 2.75) is 33.1 Å². The van der Waals surface area contributed by atoms with Crippen LogP contribution in [0.25, 0.3) is 44.2 Å². The standard InChI is InChI=1S/C63H48BNOSi/c1-41-35-57-62-59(36-41)66-58-34-31-44(49-29-18-22-42-21-14-15-27-48(42)49)37-54(58)64(62)53-40-61-52(39-56(53)65(57)55-33-32-45(63(2,3)4)38-51(55)43-19-8-5-9-20-43)50-28-16-17-30-60(50)67(61,46-23-10-6-11-24-46)47-25-12-7-13-26-47/h5-40H,1-4H3. The normalized spacial score (nSPS) is 13.9. The zero-order chi connectivity index (χ0) is 45.0. The van der Waals surface area contributed by atoms with Crippen molar-refractivity contribution in [3.63, 3.8) is 0 Å². The summed E-state index contributed by atoms with van der Waals surface area (Å²) < 4.78 is 7.17. The Hall–Kier alpha value is -7.66. The van der Waals surface area contributed by atoms with Crippen molar-refractivity contribution >= 4 is 79.8 Å². The third-order valence-electron chi connectivity index (χ3n) is 14.8. The second-order valence-corrected chi connectivity index (χ2v) is 23.4. The minimum Gasteiger partial charge on any atom is -0.458 e. The van der Waals surface area contributed by atoms with Gasteiger partial charge < -0.3 is 9.64 Å². The molecule has 0 saturated heterocycles. The molecule has 0 spiro atoms. The van der Waals surface area contributed by atoms with Crippen LogP contribution in [0.3, 0.4) is 0 Å². The highest BCUT2D eigenvalue weighted by Crippen LogP contribution is 2.47. The van der Waals surface area contributed by atoms with E-state index in [0.717, 1.165) is 28.4 Å². The summed E-state index contributed by atoms with van der Waals surface area (Å²) in [5, 5.41) is 8.15. The summed E-state index contributed by atoms with van der Waals surface area (Å²) in [5.74, 6) is 1.84. The highest BCUT2D eigenvalue weighted by molar-refractivity contribution is 7.22. The van der Waals surface area contributed by atoms with Crippen LogP contribution >= 0.6 is 0 Å². The maximum absolute atomic E-state index is 7.17. The Balaban J connectivity index is 1.16. The molecular weight excluding hydrogens is 826 g/mol. The summed E-state index contributed by atoms with van der Waals surface area (Å²) in [6, 6.07) is 82.4. The molecule has 0 radical (unpaired) electrons. The third-order valence-corrected chi connectivity index (χ3v) is 19.6. The van der Waals surface area contributed by atoms with Crippen LogP contribution < -0.4 is 46.8 Å². The number of benzene rings is 10. The number of rotatable bonds is 5. The van der Waals surface area contributed by atoms with Gasteiger partial charge in [-0.2, -0.15) is 0 Å². The van der Waals surface area contributed by atoms with E-state index in [0.29, 0.717) is 0 Å².